The molecule has 0 radical (unpaired) electrons. The number of carboxylic acids is 1. The van der Waals surface area contributed by atoms with Crippen molar-refractivity contribution in [3.63, 3.8) is 0 Å². The lowest BCUT2D eigenvalue weighted by Crippen LogP contribution is -2.42. The zero-order valence-electron chi connectivity index (χ0n) is 17.0. The first kappa shape index (κ1) is 21.8. The van der Waals surface area contributed by atoms with E-state index in [-0.39, 0.29) is 30.3 Å². The summed E-state index contributed by atoms with van der Waals surface area (Å²) in [5.41, 5.74) is 2.79. The van der Waals surface area contributed by atoms with Crippen LogP contribution in [0.3, 0.4) is 0 Å². The number of rotatable bonds is 7. The fourth-order valence-electron chi connectivity index (χ4n) is 3.26. The molecule has 0 saturated carbocycles. The Kier molecular flexibility index (Phi) is 6.56. The monoisotopic (exact) mass is 422 g/mol. The second kappa shape index (κ2) is 9.31. The lowest BCUT2D eigenvalue weighted by Gasteiger charge is -2.16. The average molecular weight is 422 g/mol. The number of carbonyl (C=O) groups is 3. The molecule has 9 nitrogen and oxygen atoms in total. The van der Waals surface area contributed by atoms with Crippen LogP contribution in [0.5, 0.6) is 0 Å². The highest BCUT2D eigenvalue weighted by atomic mass is 16.4. The van der Waals surface area contributed by atoms with Gasteiger partial charge in [-0.1, -0.05) is 18.2 Å². The molecule has 0 bridgehead atoms. The van der Waals surface area contributed by atoms with Gasteiger partial charge in [-0.3, -0.25) is 14.6 Å². The van der Waals surface area contributed by atoms with Crippen LogP contribution in [0.1, 0.15) is 34.1 Å². The Morgan fingerprint density at radius 3 is 2.52 bits per heavy atom. The quantitative estimate of drug-likeness (QED) is 0.455. The number of benzene rings is 1. The van der Waals surface area contributed by atoms with Gasteiger partial charge in [-0.2, -0.15) is 0 Å². The maximum atomic E-state index is 12.6. The van der Waals surface area contributed by atoms with Gasteiger partial charge in [-0.05, 0) is 36.2 Å². The SMILES string of the molecule is CC(=O)Nc1ccc(C(=O)N[C@@H](Cc2cccc3c(CO)cc(C)nc23)C(=O)O)cn1. The fourth-order valence-corrected chi connectivity index (χ4v) is 3.26. The van der Waals surface area contributed by atoms with E-state index in [1.165, 1.54) is 25.3 Å². The predicted molar refractivity (Wildman–Crippen MR) is 114 cm³/mol. The number of aliphatic carboxylic acids is 1. The Morgan fingerprint density at radius 2 is 1.90 bits per heavy atom. The van der Waals surface area contributed by atoms with Crippen LogP contribution < -0.4 is 10.6 Å². The van der Waals surface area contributed by atoms with Gasteiger partial charge < -0.3 is 20.8 Å². The number of nitrogens with zero attached hydrogens (tertiary/aromatic N) is 2. The molecular weight excluding hydrogens is 400 g/mol. The fraction of sp³-hybridized carbons (Fsp3) is 0.227. The Morgan fingerprint density at radius 1 is 1.13 bits per heavy atom. The molecule has 0 fully saturated rings. The summed E-state index contributed by atoms with van der Waals surface area (Å²) in [6.07, 6.45) is 1.27. The number of fused-ring (bicyclic) bond motifs is 1. The maximum absolute atomic E-state index is 12.6. The van der Waals surface area contributed by atoms with E-state index in [2.05, 4.69) is 20.6 Å². The molecule has 3 rings (SSSR count). The molecule has 0 aliphatic rings. The minimum Gasteiger partial charge on any atom is -0.480 e. The van der Waals surface area contributed by atoms with Crippen LogP contribution >= 0.6 is 0 Å². The molecule has 2 heterocycles. The van der Waals surface area contributed by atoms with Crippen LogP contribution in [0.15, 0.2) is 42.6 Å². The van der Waals surface area contributed by atoms with Gasteiger partial charge in [0.2, 0.25) is 5.91 Å². The molecule has 1 aromatic carbocycles. The van der Waals surface area contributed by atoms with Crippen molar-refractivity contribution in [1.29, 1.82) is 0 Å². The third kappa shape index (κ3) is 5.20. The largest absolute Gasteiger partial charge is 0.480 e. The molecule has 0 spiro atoms. The number of carbonyl (C=O) groups excluding carboxylic acids is 2. The third-order valence-electron chi connectivity index (χ3n) is 4.66. The van der Waals surface area contributed by atoms with Crippen molar-refractivity contribution >= 4 is 34.5 Å². The standard InChI is InChI=1S/C22H22N4O5/c1-12-8-16(11-27)17-5-3-4-14(20(17)24-12)9-18(22(30)31)26-21(29)15-6-7-19(23-10-15)25-13(2)28/h3-8,10,18,27H,9,11H2,1-2H3,(H,26,29)(H,30,31)(H,23,25,28)/t18-/m0/s1. The van der Waals surface area contributed by atoms with Gasteiger partial charge in [0.1, 0.15) is 11.9 Å². The van der Waals surface area contributed by atoms with Crippen LogP contribution in [0.2, 0.25) is 0 Å². The van der Waals surface area contributed by atoms with Crippen molar-refractivity contribution in [1.82, 2.24) is 15.3 Å². The molecule has 4 N–H and O–H groups in total. The van der Waals surface area contributed by atoms with Gasteiger partial charge in [-0.15, -0.1) is 0 Å². The number of anilines is 1. The van der Waals surface area contributed by atoms with Gasteiger partial charge in [0.15, 0.2) is 0 Å². The van der Waals surface area contributed by atoms with Crippen molar-refractivity contribution < 1.29 is 24.6 Å². The molecule has 1 atom stereocenters. The predicted octanol–water partition coefficient (Wildman–Crippen LogP) is 1.81. The summed E-state index contributed by atoms with van der Waals surface area (Å²) in [6.45, 7) is 2.97. The van der Waals surface area contributed by atoms with Gasteiger partial charge in [0.05, 0.1) is 17.7 Å². The Bertz CT molecular complexity index is 1140. The van der Waals surface area contributed by atoms with Crippen molar-refractivity contribution in [3.8, 4) is 0 Å². The zero-order chi connectivity index (χ0) is 22.5. The van der Waals surface area contributed by atoms with Crippen LogP contribution in [0.25, 0.3) is 10.9 Å². The highest BCUT2D eigenvalue weighted by molar-refractivity contribution is 5.97. The molecular formula is C22H22N4O5. The molecule has 2 aromatic heterocycles. The summed E-state index contributed by atoms with van der Waals surface area (Å²) in [6, 6.07) is 8.81. The van der Waals surface area contributed by atoms with E-state index in [1.807, 2.05) is 6.07 Å². The van der Waals surface area contributed by atoms with Crippen LogP contribution in [0.4, 0.5) is 5.82 Å². The van der Waals surface area contributed by atoms with E-state index in [9.17, 15) is 24.6 Å². The smallest absolute Gasteiger partial charge is 0.326 e. The number of nitrogens with one attached hydrogen (secondary N) is 2. The Hall–Kier alpha value is -3.85. The molecule has 9 heteroatoms. The Balaban J connectivity index is 1.84. The van der Waals surface area contributed by atoms with E-state index in [1.54, 1.807) is 25.1 Å². The molecule has 0 unspecified atom stereocenters. The maximum Gasteiger partial charge on any atom is 0.326 e. The molecule has 2 amide bonds. The number of aliphatic hydroxyl groups is 1. The molecule has 0 saturated heterocycles. The summed E-state index contributed by atoms with van der Waals surface area (Å²) >= 11 is 0. The van der Waals surface area contributed by atoms with Gasteiger partial charge in [-0.25, -0.2) is 9.78 Å². The number of pyridine rings is 2. The molecule has 0 aliphatic heterocycles. The van der Waals surface area contributed by atoms with Crippen molar-refractivity contribution in [2.24, 2.45) is 0 Å². The van der Waals surface area contributed by atoms with E-state index < -0.39 is 17.9 Å². The highest BCUT2D eigenvalue weighted by Crippen LogP contribution is 2.23. The van der Waals surface area contributed by atoms with Gasteiger partial charge in [0.25, 0.3) is 5.91 Å². The molecule has 160 valence electrons. The van der Waals surface area contributed by atoms with Crippen molar-refractivity contribution in [2.75, 3.05) is 5.32 Å². The zero-order valence-corrected chi connectivity index (χ0v) is 17.0. The van der Waals surface area contributed by atoms with Crippen molar-refractivity contribution in [3.05, 3.63) is 65.0 Å². The van der Waals surface area contributed by atoms with Gasteiger partial charge in [0, 0.05) is 30.6 Å². The summed E-state index contributed by atoms with van der Waals surface area (Å²) < 4.78 is 0. The van der Waals surface area contributed by atoms with Crippen LogP contribution in [0, 0.1) is 6.92 Å². The van der Waals surface area contributed by atoms with Crippen molar-refractivity contribution in [2.45, 2.75) is 32.9 Å². The van der Waals surface area contributed by atoms with E-state index in [4.69, 9.17) is 0 Å². The minimum absolute atomic E-state index is 0.0111. The lowest BCUT2D eigenvalue weighted by molar-refractivity contribution is -0.139. The first-order valence-electron chi connectivity index (χ1n) is 9.54. The Labute approximate surface area is 178 Å². The van der Waals surface area contributed by atoms with E-state index >= 15 is 0 Å². The summed E-state index contributed by atoms with van der Waals surface area (Å²) in [5, 5.41) is 25.0. The normalized spacial score (nSPS) is 11.7. The first-order chi connectivity index (χ1) is 14.8. The second-order valence-corrected chi connectivity index (χ2v) is 7.08. The molecule has 31 heavy (non-hydrogen) atoms. The number of aryl methyl sites for hydroxylation is 1. The summed E-state index contributed by atoms with van der Waals surface area (Å²) in [4.78, 5) is 43.9. The molecule has 3 aromatic rings. The number of carboxylic acid groups (broad SMARTS) is 1. The minimum atomic E-state index is -1.20. The number of aliphatic hydroxyl groups excluding tert-OH is 1. The number of aromatic nitrogens is 2. The lowest BCUT2D eigenvalue weighted by atomic mass is 9.99. The highest BCUT2D eigenvalue weighted by Gasteiger charge is 2.23. The number of hydrogen-bond acceptors (Lipinski definition) is 6. The second-order valence-electron chi connectivity index (χ2n) is 7.08. The number of hydrogen-bond donors (Lipinski definition) is 4. The van der Waals surface area contributed by atoms with Crippen LogP contribution in [-0.4, -0.2) is 44.0 Å². The first-order valence-corrected chi connectivity index (χ1v) is 9.54. The topological polar surface area (TPSA) is 142 Å². The van der Waals surface area contributed by atoms with Gasteiger partial charge >= 0.3 is 5.97 Å². The van der Waals surface area contributed by atoms with E-state index in [0.29, 0.717) is 22.3 Å². The summed E-state index contributed by atoms with van der Waals surface area (Å²) in [7, 11) is 0. The summed E-state index contributed by atoms with van der Waals surface area (Å²) in [5.74, 6) is -1.80. The number of para-hydroxylation sites is 1. The molecule has 0 aliphatic carbocycles. The average Bonchev–Trinajstić information content (AvgIpc) is 2.73. The van der Waals surface area contributed by atoms with Crippen LogP contribution in [-0.2, 0) is 22.6 Å². The third-order valence-corrected chi connectivity index (χ3v) is 4.66. The number of amides is 2. The van der Waals surface area contributed by atoms with E-state index in [0.717, 1.165) is 5.39 Å².